The van der Waals surface area contributed by atoms with Crippen molar-refractivity contribution in [3.63, 3.8) is 0 Å². The highest BCUT2D eigenvalue weighted by Crippen LogP contribution is 2.31. The molecule has 0 amide bonds. The third-order valence-corrected chi connectivity index (χ3v) is 4.98. The van der Waals surface area contributed by atoms with Crippen molar-refractivity contribution in [3.05, 3.63) is 81.9 Å². The van der Waals surface area contributed by atoms with Gasteiger partial charge in [-0.2, -0.15) is 0 Å². The van der Waals surface area contributed by atoms with Crippen LogP contribution in [0.4, 0.5) is 0 Å². The van der Waals surface area contributed by atoms with E-state index in [-0.39, 0.29) is 16.2 Å². The Balaban J connectivity index is 2.87. The molecule has 0 aliphatic rings. The van der Waals surface area contributed by atoms with Crippen LogP contribution in [0.2, 0.25) is 0 Å². The molecule has 0 atom stereocenters. The van der Waals surface area contributed by atoms with Gasteiger partial charge >= 0.3 is 0 Å². The Bertz CT molecular complexity index is 797. The monoisotopic (exact) mass is 317 g/mol. The Kier molecular flexibility index (Phi) is 4.72. The molecular weight excluding hydrogens is 302 g/mol. The summed E-state index contributed by atoms with van der Waals surface area (Å²) in [4.78, 5) is 10.7. The van der Waals surface area contributed by atoms with Crippen molar-refractivity contribution in [3.8, 4) is 0 Å². The van der Waals surface area contributed by atoms with Gasteiger partial charge in [-0.15, -0.1) is 0 Å². The summed E-state index contributed by atoms with van der Waals surface area (Å²) < 4.78 is 24.9. The largest absolute Gasteiger partial charge is 0.295 e. The zero-order valence-electron chi connectivity index (χ0n) is 12.0. The van der Waals surface area contributed by atoms with Gasteiger partial charge in [0.05, 0.1) is 16.2 Å². The van der Waals surface area contributed by atoms with E-state index < -0.39 is 20.5 Å². The molecule has 0 saturated carbocycles. The molecule has 0 aromatic heterocycles. The van der Waals surface area contributed by atoms with E-state index in [1.165, 1.54) is 19.1 Å². The fourth-order valence-electron chi connectivity index (χ4n) is 2.11. The average Bonchev–Trinajstić information content (AvgIpc) is 2.53. The minimum Gasteiger partial charge on any atom is -0.258 e. The topological polar surface area (TPSA) is 77.3 Å². The van der Waals surface area contributed by atoms with Crippen LogP contribution in [-0.2, 0) is 9.84 Å². The molecule has 0 fully saturated rings. The van der Waals surface area contributed by atoms with Gasteiger partial charge in [0, 0.05) is 5.56 Å². The SMILES string of the molecule is CCS(=O)(=O)C(=C(c1ccccc1)[N+](=O)[O-])c1ccccc1. The molecule has 5 nitrogen and oxygen atoms in total. The zero-order valence-corrected chi connectivity index (χ0v) is 12.8. The van der Waals surface area contributed by atoms with Gasteiger partial charge in [0.15, 0.2) is 14.7 Å². The fourth-order valence-corrected chi connectivity index (χ4v) is 3.38. The second-order valence-electron chi connectivity index (χ2n) is 4.57. The Morgan fingerprint density at radius 3 is 1.82 bits per heavy atom. The molecule has 0 spiro atoms. The van der Waals surface area contributed by atoms with Crippen LogP contribution in [0.25, 0.3) is 10.6 Å². The van der Waals surface area contributed by atoms with Gasteiger partial charge in [-0.05, 0) is 12.1 Å². The van der Waals surface area contributed by atoms with Crippen LogP contribution in [-0.4, -0.2) is 19.1 Å². The van der Waals surface area contributed by atoms with Crippen LogP contribution >= 0.6 is 0 Å². The number of benzene rings is 2. The van der Waals surface area contributed by atoms with Gasteiger partial charge in [-0.3, -0.25) is 10.1 Å². The second-order valence-corrected chi connectivity index (χ2v) is 6.79. The maximum absolute atomic E-state index is 12.5. The van der Waals surface area contributed by atoms with Gasteiger partial charge in [0.2, 0.25) is 0 Å². The first-order valence-corrected chi connectivity index (χ1v) is 8.35. The number of nitro groups is 1. The molecule has 0 heterocycles. The summed E-state index contributed by atoms with van der Waals surface area (Å²) in [6.07, 6.45) is 0. The minimum absolute atomic E-state index is 0.207. The van der Waals surface area contributed by atoms with E-state index in [0.29, 0.717) is 5.56 Å². The molecule has 0 aliphatic heterocycles. The summed E-state index contributed by atoms with van der Waals surface area (Å²) in [6.45, 7) is 1.47. The maximum atomic E-state index is 12.5. The highest BCUT2D eigenvalue weighted by Gasteiger charge is 2.31. The van der Waals surface area contributed by atoms with Crippen LogP contribution in [0.3, 0.4) is 0 Å². The highest BCUT2D eigenvalue weighted by atomic mass is 32.2. The molecule has 22 heavy (non-hydrogen) atoms. The lowest BCUT2D eigenvalue weighted by atomic mass is 10.1. The molecule has 2 aromatic carbocycles. The maximum Gasteiger partial charge on any atom is 0.295 e. The summed E-state index contributed by atoms with van der Waals surface area (Å²) in [6, 6.07) is 16.2. The molecule has 6 heteroatoms. The Hall–Kier alpha value is -2.47. The van der Waals surface area contributed by atoms with Crippen molar-refractivity contribution < 1.29 is 13.3 Å². The van der Waals surface area contributed by atoms with Crippen LogP contribution in [0.5, 0.6) is 0 Å². The van der Waals surface area contributed by atoms with Gasteiger partial charge in [0.25, 0.3) is 5.70 Å². The van der Waals surface area contributed by atoms with Crippen LogP contribution in [0.1, 0.15) is 18.1 Å². The summed E-state index contributed by atoms with van der Waals surface area (Å²) in [5.74, 6) is -0.207. The molecule has 114 valence electrons. The number of sulfone groups is 1. The van der Waals surface area contributed by atoms with Gasteiger partial charge < -0.3 is 0 Å². The van der Waals surface area contributed by atoms with E-state index in [0.717, 1.165) is 0 Å². The van der Waals surface area contributed by atoms with Gasteiger partial charge in [-0.1, -0.05) is 55.5 Å². The Morgan fingerprint density at radius 1 is 0.955 bits per heavy atom. The first kappa shape index (κ1) is 15.9. The summed E-state index contributed by atoms with van der Waals surface area (Å²) >= 11 is 0. The third kappa shape index (κ3) is 3.23. The van der Waals surface area contributed by atoms with Crippen molar-refractivity contribution >= 4 is 20.4 Å². The van der Waals surface area contributed by atoms with E-state index >= 15 is 0 Å². The van der Waals surface area contributed by atoms with Crippen LogP contribution in [0.15, 0.2) is 60.7 Å². The number of hydrogen-bond acceptors (Lipinski definition) is 4. The third-order valence-electron chi connectivity index (χ3n) is 3.17. The lowest BCUT2D eigenvalue weighted by Crippen LogP contribution is -2.12. The van der Waals surface area contributed by atoms with E-state index in [1.54, 1.807) is 48.5 Å². The predicted octanol–water partition coefficient (Wildman–Crippen LogP) is 3.22. The molecule has 0 bridgehead atoms. The molecule has 0 saturated heterocycles. The zero-order chi connectivity index (χ0) is 16.2. The average molecular weight is 317 g/mol. The number of nitrogens with zero attached hydrogens (tertiary/aromatic N) is 1. The summed E-state index contributed by atoms with van der Waals surface area (Å²) in [5.41, 5.74) is 0.192. The molecular formula is C16H15NO4S. The van der Waals surface area contributed by atoms with E-state index in [9.17, 15) is 18.5 Å². The molecule has 0 aliphatic carbocycles. The van der Waals surface area contributed by atoms with Crippen LogP contribution in [0, 0.1) is 10.1 Å². The fraction of sp³-hybridized carbons (Fsp3) is 0.125. The van der Waals surface area contributed by atoms with Crippen molar-refractivity contribution in [1.82, 2.24) is 0 Å². The first-order valence-electron chi connectivity index (χ1n) is 6.69. The number of hydrogen-bond donors (Lipinski definition) is 0. The van der Waals surface area contributed by atoms with E-state index in [4.69, 9.17) is 0 Å². The smallest absolute Gasteiger partial charge is 0.258 e. The van der Waals surface area contributed by atoms with E-state index in [2.05, 4.69) is 0 Å². The summed E-state index contributed by atoms with van der Waals surface area (Å²) in [7, 11) is -3.77. The quantitative estimate of drug-likeness (QED) is 0.482. The molecule has 0 radical (unpaired) electrons. The standard InChI is InChI=1S/C16H15NO4S/c1-2-22(20,21)16(14-11-7-4-8-12-14)15(17(18)19)13-9-5-3-6-10-13/h3-12H,2H2,1H3. The molecule has 0 unspecified atom stereocenters. The van der Waals surface area contributed by atoms with Crippen LogP contribution < -0.4 is 0 Å². The van der Waals surface area contributed by atoms with Crippen molar-refractivity contribution in [2.24, 2.45) is 0 Å². The lowest BCUT2D eigenvalue weighted by molar-refractivity contribution is -0.374. The number of rotatable bonds is 5. The van der Waals surface area contributed by atoms with Gasteiger partial charge in [0.1, 0.15) is 0 Å². The second kappa shape index (κ2) is 6.53. The molecule has 2 rings (SSSR count). The van der Waals surface area contributed by atoms with E-state index in [1.807, 2.05) is 0 Å². The highest BCUT2D eigenvalue weighted by molar-refractivity contribution is 8.00. The van der Waals surface area contributed by atoms with Crippen molar-refractivity contribution in [1.29, 1.82) is 0 Å². The minimum atomic E-state index is -3.77. The predicted molar refractivity (Wildman–Crippen MR) is 86.2 cm³/mol. The van der Waals surface area contributed by atoms with Crippen molar-refractivity contribution in [2.75, 3.05) is 5.75 Å². The van der Waals surface area contributed by atoms with Crippen molar-refractivity contribution in [2.45, 2.75) is 6.92 Å². The lowest BCUT2D eigenvalue weighted by Gasteiger charge is -2.09. The summed E-state index contributed by atoms with van der Waals surface area (Å²) in [5, 5.41) is 11.6. The first-order chi connectivity index (χ1) is 10.5. The molecule has 0 N–H and O–H groups in total. The Morgan fingerprint density at radius 2 is 1.41 bits per heavy atom. The molecule has 2 aromatic rings. The van der Waals surface area contributed by atoms with Gasteiger partial charge in [-0.25, -0.2) is 8.42 Å². The normalized spacial score (nSPS) is 12.6. The Labute approximate surface area is 129 Å².